The Kier molecular flexibility index (Phi) is 15.3. The van der Waals surface area contributed by atoms with Crippen molar-refractivity contribution in [3.05, 3.63) is 52.5 Å². The number of aromatic hydroxyl groups is 2. The first-order valence-corrected chi connectivity index (χ1v) is 21.3. The van der Waals surface area contributed by atoms with Crippen molar-refractivity contribution < 1.29 is 60.0 Å². The van der Waals surface area contributed by atoms with E-state index in [1.165, 1.54) is 0 Å². The van der Waals surface area contributed by atoms with Crippen LogP contribution in [0.3, 0.4) is 0 Å². The normalized spacial score (nSPS) is 15.4. The van der Waals surface area contributed by atoms with E-state index < -0.39 is 58.4 Å². The Bertz CT molecular complexity index is 1980. The Morgan fingerprint density at radius 3 is 2.28 bits per heavy atom. The van der Waals surface area contributed by atoms with Crippen molar-refractivity contribution in [1.82, 2.24) is 19.8 Å². The van der Waals surface area contributed by atoms with Crippen LogP contribution in [0.5, 0.6) is 11.8 Å². The number of carbonyl (C=O) groups excluding carboxylic acids is 3. The summed E-state index contributed by atoms with van der Waals surface area (Å²) in [6.45, 7) is 0.309. The smallest absolute Gasteiger partial charge is 0.492 e. The molecule has 0 bridgehead atoms. The quantitative estimate of drug-likeness (QED) is 0.0476. The summed E-state index contributed by atoms with van der Waals surface area (Å²) in [5.41, 5.74) is 3.23. The summed E-state index contributed by atoms with van der Waals surface area (Å²) in [6, 6.07) is 2.40. The van der Waals surface area contributed by atoms with E-state index in [1.807, 2.05) is 12.1 Å². The largest absolute Gasteiger partial charge is 0.737 e. The third kappa shape index (κ3) is 12.5. The number of aryl methyl sites for hydroxylation is 2. The monoisotopic (exact) mass is 823 g/mol. The number of rotatable bonds is 23. The SMILES string of the molecule is CCCCCCCC1=CC(CCC(=O)NC(CS(=O)(=O)O)C(=O)NCCCCC(=O)On2c(O)ccc2O)=[N+]2C1=Cc1c(CCC[N+](C)(C)C)cc(C)n1[B-]2(F)F. The first kappa shape index (κ1) is 45.2. The van der Waals surface area contributed by atoms with E-state index in [0.717, 1.165) is 81.8 Å². The van der Waals surface area contributed by atoms with Crippen molar-refractivity contribution in [2.45, 2.75) is 103 Å². The van der Waals surface area contributed by atoms with Gasteiger partial charge in [0.05, 0.1) is 27.7 Å². The molecule has 0 aromatic carbocycles. The van der Waals surface area contributed by atoms with E-state index in [4.69, 9.17) is 4.84 Å². The summed E-state index contributed by atoms with van der Waals surface area (Å²) in [7, 11) is 1.55. The van der Waals surface area contributed by atoms with E-state index >= 15 is 8.63 Å². The van der Waals surface area contributed by atoms with Crippen LogP contribution in [-0.2, 0) is 30.9 Å². The van der Waals surface area contributed by atoms with Gasteiger partial charge in [0.2, 0.25) is 23.6 Å². The number of hydrogen-bond acceptors (Lipinski definition) is 8. The van der Waals surface area contributed by atoms with E-state index in [2.05, 4.69) is 38.7 Å². The number of aromatic nitrogens is 2. The van der Waals surface area contributed by atoms with Gasteiger partial charge in [0.15, 0.2) is 5.70 Å². The lowest BCUT2D eigenvalue weighted by atomic mass is 9.88. The molecule has 2 aromatic heterocycles. The molecule has 0 saturated heterocycles. The maximum Gasteiger partial charge on any atom is 0.737 e. The molecule has 2 aromatic rings. The maximum atomic E-state index is 16.8. The number of fused-ring (bicyclic) bond motifs is 2. The summed E-state index contributed by atoms with van der Waals surface area (Å²) in [5, 5.41) is 24.0. The Morgan fingerprint density at radius 2 is 1.63 bits per heavy atom. The molecule has 1 unspecified atom stereocenters. The molecule has 0 spiro atoms. The Morgan fingerprint density at radius 1 is 0.947 bits per heavy atom. The van der Waals surface area contributed by atoms with Crippen LogP contribution in [0.15, 0.2) is 35.5 Å². The van der Waals surface area contributed by atoms with Gasteiger partial charge < -0.3 is 47.8 Å². The van der Waals surface area contributed by atoms with Crippen LogP contribution in [0.25, 0.3) is 6.08 Å². The van der Waals surface area contributed by atoms with Crippen LogP contribution in [0.1, 0.15) is 101 Å². The molecule has 0 saturated carbocycles. The highest BCUT2D eigenvalue weighted by Crippen LogP contribution is 2.39. The number of carbonyl (C=O) groups is 3. The summed E-state index contributed by atoms with van der Waals surface area (Å²) in [4.78, 5) is 43.1. The zero-order valence-electron chi connectivity index (χ0n) is 33.6. The van der Waals surface area contributed by atoms with E-state index in [9.17, 15) is 37.6 Å². The van der Waals surface area contributed by atoms with Gasteiger partial charge in [-0.1, -0.05) is 32.6 Å². The minimum Gasteiger partial charge on any atom is -0.492 e. The van der Waals surface area contributed by atoms with Crippen LogP contribution in [0.4, 0.5) is 8.63 Å². The summed E-state index contributed by atoms with van der Waals surface area (Å²) < 4.78 is 70.1. The zero-order chi connectivity index (χ0) is 42.1. The second kappa shape index (κ2) is 19.3. The molecule has 316 valence electrons. The van der Waals surface area contributed by atoms with Gasteiger partial charge in [-0.3, -0.25) is 14.1 Å². The van der Waals surface area contributed by atoms with Crippen molar-refractivity contribution in [3.63, 3.8) is 0 Å². The lowest BCUT2D eigenvalue weighted by Gasteiger charge is -2.31. The number of unbranched alkanes of at least 4 members (excludes halogenated alkanes) is 5. The molecule has 2 aliphatic heterocycles. The molecular formula is C38H58BF2N6O9S+. The molecular weight excluding hydrogens is 765 g/mol. The van der Waals surface area contributed by atoms with Crippen LogP contribution >= 0.6 is 0 Å². The number of amides is 2. The third-order valence-electron chi connectivity index (χ3n) is 10.0. The first-order chi connectivity index (χ1) is 26.7. The number of nitrogens with zero attached hydrogens (tertiary/aromatic N) is 4. The molecule has 57 heavy (non-hydrogen) atoms. The van der Waals surface area contributed by atoms with Gasteiger partial charge >= 0.3 is 12.9 Å². The molecule has 1 atom stereocenters. The van der Waals surface area contributed by atoms with Gasteiger partial charge in [-0.2, -0.15) is 8.42 Å². The van der Waals surface area contributed by atoms with Crippen molar-refractivity contribution >= 4 is 46.7 Å². The lowest BCUT2D eigenvalue weighted by molar-refractivity contribution is -0.870. The van der Waals surface area contributed by atoms with Gasteiger partial charge in [-0.05, 0) is 56.4 Å². The second-order valence-electron chi connectivity index (χ2n) is 15.9. The van der Waals surface area contributed by atoms with Crippen molar-refractivity contribution in [2.75, 3.05) is 40.0 Å². The van der Waals surface area contributed by atoms with Crippen LogP contribution in [0.2, 0.25) is 0 Å². The predicted octanol–water partition coefficient (Wildman–Crippen LogP) is 4.07. The molecule has 5 N–H and O–H groups in total. The number of hydrogen-bond donors (Lipinski definition) is 5. The number of nitrogens with one attached hydrogen (secondary N) is 2. The first-order valence-electron chi connectivity index (χ1n) is 19.7. The molecule has 0 aliphatic carbocycles. The van der Waals surface area contributed by atoms with Crippen molar-refractivity contribution in [1.29, 1.82) is 0 Å². The standard InChI is InChI=1S/C38H57BF2N6O9S/c1-6-7-8-9-10-14-29-24-30(45-33(29)25-32-28(15-13-22-47(3,4)5)23-27(2)44(32)39(45,40)41)17-18-34(48)43-31(26-57(53,54)55)38(52)42-21-12-11-16-37(51)56-46-35(49)19-20-36(46)50/h19-20,23-25,31H,6-18,21-22,26H2,1-5H3,(H4-,42,43,48,49,50,52,53,54,55)/p+1. The van der Waals surface area contributed by atoms with Crippen LogP contribution < -0.4 is 15.5 Å². The minimum absolute atomic E-state index is 0.0342. The predicted molar refractivity (Wildman–Crippen MR) is 212 cm³/mol. The van der Waals surface area contributed by atoms with Crippen LogP contribution in [-0.4, -0.2) is 118 Å². The summed E-state index contributed by atoms with van der Waals surface area (Å²) >= 11 is 0. The zero-order valence-corrected chi connectivity index (χ0v) is 34.4. The highest BCUT2D eigenvalue weighted by Gasteiger charge is 2.54. The van der Waals surface area contributed by atoms with E-state index in [-0.39, 0.29) is 44.4 Å². The lowest BCUT2D eigenvalue weighted by Crippen LogP contribution is -2.51. The van der Waals surface area contributed by atoms with E-state index in [1.54, 1.807) is 13.0 Å². The van der Waals surface area contributed by atoms with Gasteiger partial charge in [-0.25, -0.2) is 4.79 Å². The van der Waals surface area contributed by atoms with Gasteiger partial charge in [0.25, 0.3) is 10.1 Å². The third-order valence-corrected chi connectivity index (χ3v) is 10.8. The molecule has 0 radical (unpaired) electrons. The topological polar surface area (TPSA) is 192 Å². The number of quaternary nitrogens is 1. The van der Waals surface area contributed by atoms with Gasteiger partial charge in [0, 0.05) is 67.8 Å². The molecule has 0 fully saturated rings. The molecule has 2 amide bonds. The molecule has 2 aliphatic rings. The Hall–Kier alpha value is -4.49. The number of allylic oxidation sites excluding steroid dienone is 2. The Balaban J connectivity index is 1.44. The molecule has 15 nitrogen and oxygen atoms in total. The summed E-state index contributed by atoms with van der Waals surface area (Å²) in [6.07, 6.45) is 10.4. The highest BCUT2D eigenvalue weighted by molar-refractivity contribution is 7.85. The second-order valence-corrected chi connectivity index (χ2v) is 17.4. The van der Waals surface area contributed by atoms with Crippen molar-refractivity contribution in [3.8, 4) is 11.8 Å². The fourth-order valence-corrected chi connectivity index (χ4v) is 7.93. The van der Waals surface area contributed by atoms with Gasteiger partial charge in [-0.15, -0.1) is 4.73 Å². The maximum absolute atomic E-state index is 16.8. The van der Waals surface area contributed by atoms with Crippen molar-refractivity contribution in [2.24, 2.45) is 0 Å². The molecule has 4 rings (SSSR count). The fourth-order valence-electron chi connectivity index (χ4n) is 7.27. The van der Waals surface area contributed by atoms with Gasteiger partial charge in [0.1, 0.15) is 17.5 Å². The average Bonchev–Trinajstić information content (AvgIpc) is 3.74. The molecule has 4 heterocycles. The van der Waals surface area contributed by atoms with Crippen LogP contribution in [0, 0.1) is 6.92 Å². The minimum atomic E-state index is -4.73. The highest BCUT2D eigenvalue weighted by atomic mass is 32.2. The molecule has 19 heteroatoms. The number of halogens is 2. The van der Waals surface area contributed by atoms with E-state index in [0.29, 0.717) is 34.7 Å². The summed E-state index contributed by atoms with van der Waals surface area (Å²) in [5.74, 6) is -4.55. The average molecular weight is 824 g/mol. The Labute approximate surface area is 333 Å². The fraction of sp³-hybridized carbons (Fsp3) is 0.579.